The lowest BCUT2D eigenvalue weighted by Crippen LogP contribution is -2.10. The number of halogens is 3. The maximum atomic E-state index is 12.6. The molecule has 0 bridgehead atoms. The number of nitrogens with zero attached hydrogens (tertiary/aromatic N) is 1. The average molecular weight is 264 g/mol. The van der Waals surface area contributed by atoms with Crippen molar-refractivity contribution in [2.45, 2.75) is 12.7 Å². The number of rotatable bonds is 2. The first-order valence-corrected chi connectivity index (χ1v) is 6.08. The van der Waals surface area contributed by atoms with Crippen LogP contribution in [0, 0.1) is 0 Å². The molecule has 2 aromatic heterocycles. The van der Waals surface area contributed by atoms with Crippen molar-refractivity contribution < 1.29 is 13.2 Å². The van der Waals surface area contributed by atoms with Gasteiger partial charge in [-0.2, -0.15) is 24.5 Å². The molecule has 16 heavy (non-hydrogen) atoms. The molecule has 0 aliphatic carbocycles. The van der Waals surface area contributed by atoms with Crippen molar-refractivity contribution in [2.24, 2.45) is 5.73 Å². The van der Waals surface area contributed by atoms with Crippen LogP contribution < -0.4 is 5.73 Å². The maximum Gasteiger partial charge on any atom is 0.434 e. The second kappa shape index (κ2) is 4.15. The first-order valence-electron chi connectivity index (χ1n) is 4.32. The molecule has 2 aromatic rings. The van der Waals surface area contributed by atoms with Gasteiger partial charge < -0.3 is 5.73 Å². The summed E-state index contributed by atoms with van der Waals surface area (Å²) in [5.74, 6) is 0. The van der Waals surface area contributed by atoms with Crippen molar-refractivity contribution in [3.8, 4) is 10.6 Å². The highest BCUT2D eigenvalue weighted by Crippen LogP contribution is 2.37. The highest BCUT2D eigenvalue weighted by molar-refractivity contribution is 7.15. The molecule has 0 aliphatic heterocycles. The number of hydrogen-bond donors (Lipinski definition) is 1. The SMILES string of the molecule is NCc1sc(-c2ccsc2)nc1C(F)(F)F. The van der Waals surface area contributed by atoms with Crippen molar-refractivity contribution in [1.29, 1.82) is 0 Å². The van der Waals surface area contributed by atoms with Crippen molar-refractivity contribution in [2.75, 3.05) is 0 Å². The van der Waals surface area contributed by atoms with Gasteiger partial charge in [-0.3, -0.25) is 0 Å². The van der Waals surface area contributed by atoms with Gasteiger partial charge in [0.1, 0.15) is 5.01 Å². The van der Waals surface area contributed by atoms with E-state index < -0.39 is 11.9 Å². The van der Waals surface area contributed by atoms with Gasteiger partial charge in [-0.25, -0.2) is 4.98 Å². The molecule has 2 rings (SSSR count). The van der Waals surface area contributed by atoms with E-state index in [9.17, 15) is 13.2 Å². The molecule has 7 heteroatoms. The van der Waals surface area contributed by atoms with E-state index in [-0.39, 0.29) is 11.4 Å². The standard InChI is InChI=1S/C9H7F3N2S2/c10-9(11,12)7-6(3-13)16-8(14-7)5-1-2-15-4-5/h1-2,4H,3,13H2. The Morgan fingerprint density at radius 2 is 2.12 bits per heavy atom. The van der Waals surface area contributed by atoms with E-state index >= 15 is 0 Å². The zero-order chi connectivity index (χ0) is 11.8. The second-order valence-electron chi connectivity index (χ2n) is 3.00. The highest BCUT2D eigenvalue weighted by Gasteiger charge is 2.37. The fraction of sp³-hybridized carbons (Fsp3) is 0.222. The molecular formula is C9H7F3N2S2. The Morgan fingerprint density at radius 3 is 2.56 bits per heavy atom. The topological polar surface area (TPSA) is 38.9 Å². The monoisotopic (exact) mass is 264 g/mol. The molecule has 0 fully saturated rings. The zero-order valence-corrected chi connectivity index (χ0v) is 9.55. The van der Waals surface area contributed by atoms with Crippen LogP contribution in [0.25, 0.3) is 10.6 Å². The largest absolute Gasteiger partial charge is 0.434 e. The summed E-state index contributed by atoms with van der Waals surface area (Å²) in [4.78, 5) is 3.69. The third-order valence-corrected chi connectivity index (χ3v) is 3.73. The average Bonchev–Trinajstić information content (AvgIpc) is 2.85. The summed E-state index contributed by atoms with van der Waals surface area (Å²) >= 11 is 2.41. The second-order valence-corrected chi connectivity index (χ2v) is 4.87. The fourth-order valence-corrected chi connectivity index (χ4v) is 2.89. The van der Waals surface area contributed by atoms with Gasteiger partial charge in [-0.1, -0.05) is 0 Å². The quantitative estimate of drug-likeness (QED) is 0.903. The molecular weight excluding hydrogens is 257 g/mol. The van der Waals surface area contributed by atoms with Crippen LogP contribution in [-0.2, 0) is 12.7 Å². The number of alkyl halides is 3. The first-order chi connectivity index (χ1) is 7.52. The van der Waals surface area contributed by atoms with Crippen molar-refractivity contribution in [1.82, 2.24) is 4.98 Å². The van der Waals surface area contributed by atoms with Crippen molar-refractivity contribution in [3.05, 3.63) is 27.4 Å². The minimum Gasteiger partial charge on any atom is -0.326 e. The molecule has 0 aromatic carbocycles. The van der Waals surface area contributed by atoms with E-state index in [1.165, 1.54) is 11.3 Å². The van der Waals surface area contributed by atoms with Gasteiger partial charge in [-0.05, 0) is 11.4 Å². The van der Waals surface area contributed by atoms with Crippen LogP contribution in [0.1, 0.15) is 10.6 Å². The van der Waals surface area contributed by atoms with Crippen molar-refractivity contribution in [3.63, 3.8) is 0 Å². The van der Waals surface area contributed by atoms with Gasteiger partial charge >= 0.3 is 6.18 Å². The van der Waals surface area contributed by atoms with Gasteiger partial charge in [0.15, 0.2) is 5.69 Å². The summed E-state index contributed by atoms with van der Waals surface area (Å²) < 4.78 is 37.7. The van der Waals surface area contributed by atoms with E-state index in [1.807, 2.05) is 0 Å². The zero-order valence-electron chi connectivity index (χ0n) is 7.91. The first kappa shape index (κ1) is 11.6. The molecule has 0 unspecified atom stereocenters. The Balaban J connectivity index is 2.48. The highest BCUT2D eigenvalue weighted by atomic mass is 32.1. The number of nitrogens with two attached hydrogens (primary N) is 1. The number of thiazole rings is 1. The lowest BCUT2D eigenvalue weighted by molar-refractivity contribution is -0.141. The van der Waals surface area contributed by atoms with Gasteiger partial charge in [0.2, 0.25) is 0 Å². The van der Waals surface area contributed by atoms with Crippen LogP contribution >= 0.6 is 22.7 Å². The Bertz CT molecular complexity index is 473. The predicted octanol–water partition coefficient (Wildman–Crippen LogP) is 3.35. The summed E-state index contributed by atoms with van der Waals surface area (Å²) in [7, 11) is 0. The minimum absolute atomic E-state index is 0.0775. The van der Waals surface area contributed by atoms with Crippen LogP contribution in [0.2, 0.25) is 0 Å². The molecule has 0 amide bonds. The molecule has 0 atom stereocenters. The van der Waals surface area contributed by atoms with Crippen LogP contribution in [0.4, 0.5) is 13.2 Å². The molecule has 0 saturated heterocycles. The molecule has 2 nitrogen and oxygen atoms in total. The molecule has 2 N–H and O–H groups in total. The van der Waals surface area contributed by atoms with Crippen LogP contribution in [0.15, 0.2) is 16.8 Å². The number of hydrogen-bond acceptors (Lipinski definition) is 4. The summed E-state index contributed by atoms with van der Waals surface area (Å²) in [6, 6.07) is 1.74. The van der Waals surface area contributed by atoms with E-state index in [4.69, 9.17) is 5.73 Å². The molecule has 0 saturated carbocycles. The Kier molecular flexibility index (Phi) is 3.00. The number of thiophene rings is 1. The third kappa shape index (κ3) is 2.11. The Morgan fingerprint density at radius 1 is 1.38 bits per heavy atom. The summed E-state index contributed by atoms with van der Waals surface area (Å²) in [6.07, 6.45) is -4.43. The third-order valence-electron chi connectivity index (χ3n) is 1.92. The summed E-state index contributed by atoms with van der Waals surface area (Å²) in [6.45, 7) is -0.142. The molecule has 0 aliphatic rings. The maximum absolute atomic E-state index is 12.6. The van der Waals surface area contributed by atoms with Gasteiger partial charge in [0.05, 0.1) is 4.88 Å². The lowest BCUT2D eigenvalue weighted by atomic mass is 10.3. The lowest BCUT2D eigenvalue weighted by Gasteiger charge is -2.03. The molecule has 0 radical (unpaired) electrons. The van der Waals surface area contributed by atoms with Crippen molar-refractivity contribution >= 4 is 22.7 Å². The van der Waals surface area contributed by atoms with E-state index in [2.05, 4.69) is 4.98 Å². The summed E-state index contributed by atoms with van der Waals surface area (Å²) in [5.41, 5.74) is 5.14. The van der Waals surface area contributed by atoms with E-state index in [0.29, 0.717) is 10.6 Å². The molecule has 86 valence electrons. The van der Waals surface area contributed by atoms with Gasteiger partial charge in [0, 0.05) is 17.5 Å². The Labute approximate surface area is 97.6 Å². The molecule has 0 spiro atoms. The fourth-order valence-electron chi connectivity index (χ4n) is 1.22. The van der Waals surface area contributed by atoms with Gasteiger partial charge in [-0.15, -0.1) is 11.3 Å². The predicted molar refractivity (Wildman–Crippen MR) is 58.3 cm³/mol. The normalized spacial score (nSPS) is 12.0. The van der Waals surface area contributed by atoms with Crippen LogP contribution in [-0.4, -0.2) is 4.98 Å². The minimum atomic E-state index is -4.43. The smallest absolute Gasteiger partial charge is 0.326 e. The molecule has 2 heterocycles. The number of aromatic nitrogens is 1. The van der Waals surface area contributed by atoms with Crippen LogP contribution in [0.5, 0.6) is 0 Å². The van der Waals surface area contributed by atoms with Gasteiger partial charge in [0.25, 0.3) is 0 Å². The Hall–Kier alpha value is -0.920. The van der Waals surface area contributed by atoms with E-state index in [0.717, 1.165) is 11.3 Å². The van der Waals surface area contributed by atoms with Crippen LogP contribution in [0.3, 0.4) is 0 Å². The van der Waals surface area contributed by atoms with E-state index in [1.54, 1.807) is 16.8 Å². The summed E-state index contributed by atoms with van der Waals surface area (Å²) in [5, 5.41) is 3.93.